The van der Waals surface area contributed by atoms with Crippen LogP contribution in [0.1, 0.15) is 29.6 Å². The molecular formula is C17H18N4S. The molecule has 2 aromatic heterocycles. The Morgan fingerprint density at radius 1 is 1.27 bits per heavy atom. The van der Waals surface area contributed by atoms with E-state index in [4.69, 9.17) is 0 Å². The van der Waals surface area contributed by atoms with Crippen molar-refractivity contribution in [2.45, 2.75) is 25.4 Å². The molecule has 1 atom stereocenters. The summed E-state index contributed by atoms with van der Waals surface area (Å²) < 4.78 is 0. The number of benzene rings is 1. The van der Waals surface area contributed by atoms with Crippen LogP contribution in [0.4, 0.5) is 0 Å². The Labute approximate surface area is 133 Å². The van der Waals surface area contributed by atoms with E-state index in [-0.39, 0.29) is 0 Å². The lowest BCUT2D eigenvalue weighted by atomic mass is 10.1. The second-order valence-electron chi connectivity index (χ2n) is 5.64. The summed E-state index contributed by atoms with van der Waals surface area (Å²) in [6.07, 6.45) is 4.34. The number of H-pyrrole nitrogens is 1. The van der Waals surface area contributed by atoms with E-state index in [2.05, 4.69) is 43.7 Å². The molecule has 112 valence electrons. The normalized spacial score (nSPS) is 18.8. The molecule has 1 aliphatic heterocycles. The molecule has 5 heteroatoms. The number of likely N-dealkylation sites (tertiary alicyclic amines) is 1. The van der Waals surface area contributed by atoms with Gasteiger partial charge in [0.1, 0.15) is 5.01 Å². The van der Waals surface area contributed by atoms with Crippen LogP contribution >= 0.6 is 11.3 Å². The fraction of sp³-hybridized carbons (Fsp3) is 0.294. The molecule has 1 fully saturated rings. The lowest BCUT2D eigenvalue weighted by Crippen LogP contribution is -2.22. The van der Waals surface area contributed by atoms with Gasteiger partial charge in [-0.2, -0.15) is 5.10 Å². The predicted octanol–water partition coefficient (Wildman–Crippen LogP) is 3.87. The Bertz CT molecular complexity index is 720. The number of rotatable bonds is 4. The van der Waals surface area contributed by atoms with Crippen molar-refractivity contribution in [1.29, 1.82) is 0 Å². The van der Waals surface area contributed by atoms with Gasteiger partial charge < -0.3 is 0 Å². The molecule has 1 N–H and O–H groups in total. The third kappa shape index (κ3) is 2.69. The summed E-state index contributed by atoms with van der Waals surface area (Å²) in [5.41, 5.74) is 3.34. The van der Waals surface area contributed by atoms with Crippen LogP contribution in [0.2, 0.25) is 0 Å². The monoisotopic (exact) mass is 310 g/mol. The maximum atomic E-state index is 4.49. The van der Waals surface area contributed by atoms with Crippen LogP contribution in [0, 0.1) is 0 Å². The van der Waals surface area contributed by atoms with Crippen molar-refractivity contribution in [2.75, 3.05) is 6.54 Å². The van der Waals surface area contributed by atoms with Crippen LogP contribution < -0.4 is 0 Å². The first-order chi connectivity index (χ1) is 10.9. The highest BCUT2D eigenvalue weighted by Crippen LogP contribution is 2.34. The SMILES string of the molecule is c1ccc(-c2cc(CN3CCCC3c3nccs3)[nH]n2)cc1. The van der Waals surface area contributed by atoms with Crippen molar-refractivity contribution in [1.82, 2.24) is 20.1 Å². The summed E-state index contributed by atoms with van der Waals surface area (Å²) in [7, 11) is 0. The van der Waals surface area contributed by atoms with E-state index in [0.29, 0.717) is 6.04 Å². The van der Waals surface area contributed by atoms with Gasteiger partial charge in [0, 0.05) is 29.4 Å². The van der Waals surface area contributed by atoms with Gasteiger partial charge in [-0.15, -0.1) is 11.3 Å². The van der Waals surface area contributed by atoms with Crippen molar-refractivity contribution in [3.05, 3.63) is 58.7 Å². The lowest BCUT2D eigenvalue weighted by Gasteiger charge is -2.21. The highest BCUT2D eigenvalue weighted by molar-refractivity contribution is 7.09. The zero-order chi connectivity index (χ0) is 14.8. The summed E-state index contributed by atoms with van der Waals surface area (Å²) in [5.74, 6) is 0. The van der Waals surface area contributed by atoms with Gasteiger partial charge in [-0.1, -0.05) is 30.3 Å². The van der Waals surface area contributed by atoms with E-state index in [0.717, 1.165) is 24.3 Å². The van der Waals surface area contributed by atoms with Crippen molar-refractivity contribution >= 4 is 11.3 Å². The summed E-state index contributed by atoms with van der Waals surface area (Å²) in [6, 6.07) is 12.9. The zero-order valence-corrected chi connectivity index (χ0v) is 13.1. The number of hydrogen-bond acceptors (Lipinski definition) is 4. The molecule has 1 aromatic carbocycles. The lowest BCUT2D eigenvalue weighted by molar-refractivity contribution is 0.245. The minimum Gasteiger partial charge on any atom is -0.288 e. The fourth-order valence-electron chi connectivity index (χ4n) is 3.11. The molecule has 0 amide bonds. The van der Waals surface area contributed by atoms with Crippen LogP contribution in [0.3, 0.4) is 0 Å². The summed E-state index contributed by atoms with van der Waals surface area (Å²) >= 11 is 1.76. The van der Waals surface area contributed by atoms with Crippen molar-refractivity contribution in [2.24, 2.45) is 0 Å². The molecule has 4 rings (SSSR count). The molecule has 0 saturated carbocycles. The van der Waals surface area contributed by atoms with Gasteiger partial charge in [0.25, 0.3) is 0 Å². The fourth-order valence-corrected chi connectivity index (χ4v) is 3.92. The molecule has 22 heavy (non-hydrogen) atoms. The molecule has 0 radical (unpaired) electrons. The molecule has 0 spiro atoms. The van der Waals surface area contributed by atoms with Crippen LogP contribution in [-0.4, -0.2) is 26.6 Å². The number of nitrogens with zero attached hydrogens (tertiary/aromatic N) is 3. The molecule has 3 heterocycles. The second-order valence-corrected chi connectivity index (χ2v) is 6.57. The van der Waals surface area contributed by atoms with Gasteiger partial charge in [0.05, 0.1) is 11.7 Å². The Kier molecular flexibility index (Phi) is 3.74. The molecule has 1 saturated heterocycles. The number of thiazole rings is 1. The van der Waals surface area contributed by atoms with Gasteiger partial charge in [-0.05, 0) is 25.5 Å². The molecule has 0 bridgehead atoms. The Morgan fingerprint density at radius 3 is 3.00 bits per heavy atom. The van der Waals surface area contributed by atoms with E-state index in [1.54, 1.807) is 11.3 Å². The van der Waals surface area contributed by atoms with Crippen LogP contribution in [0.5, 0.6) is 0 Å². The first kappa shape index (κ1) is 13.7. The van der Waals surface area contributed by atoms with Gasteiger partial charge in [-0.25, -0.2) is 4.98 Å². The molecule has 1 unspecified atom stereocenters. The standard InChI is InChI=1S/C17H18N4S/c1-2-5-13(6-3-1)15-11-14(19-20-15)12-21-9-4-7-16(21)17-18-8-10-22-17/h1-3,5-6,8,10-11,16H,4,7,9,12H2,(H,19,20). The van der Waals surface area contributed by atoms with Crippen LogP contribution in [0.15, 0.2) is 48.0 Å². The van der Waals surface area contributed by atoms with Crippen molar-refractivity contribution < 1.29 is 0 Å². The molecular weight excluding hydrogens is 292 g/mol. The maximum Gasteiger partial charge on any atom is 0.110 e. The maximum absolute atomic E-state index is 4.49. The quantitative estimate of drug-likeness (QED) is 0.795. The van der Waals surface area contributed by atoms with Crippen molar-refractivity contribution in [3.63, 3.8) is 0 Å². The Hall–Kier alpha value is -1.98. The highest BCUT2D eigenvalue weighted by atomic mass is 32.1. The number of hydrogen-bond donors (Lipinski definition) is 1. The van der Waals surface area contributed by atoms with Gasteiger partial charge in [0.2, 0.25) is 0 Å². The van der Waals surface area contributed by atoms with Gasteiger partial charge in [0.15, 0.2) is 0 Å². The summed E-state index contributed by atoms with van der Waals surface area (Å²) in [4.78, 5) is 7.00. The number of aromatic amines is 1. The van der Waals surface area contributed by atoms with Crippen molar-refractivity contribution in [3.8, 4) is 11.3 Å². The van der Waals surface area contributed by atoms with E-state index >= 15 is 0 Å². The predicted molar refractivity (Wildman–Crippen MR) is 88.5 cm³/mol. The smallest absolute Gasteiger partial charge is 0.110 e. The molecule has 3 aromatic rings. The summed E-state index contributed by atoms with van der Waals surface area (Å²) in [5, 5.41) is 10.9. The van der Waals surface area contributed by atoms with E-state index in [1.165, 1.54) is 23.5 Å². The first-order valence-corrected chi connectivity index (χ1v) is 8.51. The number of nitrogens with one attached hydrogen (secondary N) is 1. The van der Waals surface area contributed by atoms with E-state index in [1.807, 2.05) is 24.4 Å². The van der Waals surface area contributed by atoms with Gasteiger partial charge >= 0.3 is 0 Å². The molecule has 0 aliphatic carbocycles. The zero-order valence-electron chi connectivity index (χ0n) is 12.3. The minimum atomic E-state index is 0.462. The Balaban J connectivity index is 1.51. The number of aromatic nitrogens is 3. The minimum absolute atomic E-state index is 0.462. The summed E-state index contributed by atoms with van der Waals surface area (Å²) in [6.45, 7) is 2.04. The average Bonchev–Trinajstić information content (AvgIpc) is 3.30. The van der Waals surface area contributed by atoms with Crippen LogP contribution in [0.25, 0.3) is 11.3 Å². The second kappa shape index (κ2) is 6.02. The molecule has 1 aliphatic rings. The largest absolute Gasteiger partial charge is 0.288 e. The first-order valence-electron chi connectivity index (χ1n) is 7.63. The van der Waals surface area contributed by atoms with Crippen LogP contribution in [-0.2, 0) is 6.54 Å². The van der Waals surface area contributed by atoms with E-state index < -0.39 is 0 Å². The molecule has 4 nitrogen and oxygen atoms in total. The topological polar surface area (TPSA) is 44.8 Å². The third-order valence-electron chi connectivity index (χ3n) is 4.17. The average molecular weight is 310 g/mol. The Morgan fingerprint density at radius 2 is 2.18 bits per heavy atom. The van der Waals surface area contributed by atoms with E-state index in [9.17, 15) is 0 Å². The van der Waals surface area contributed by atoms with Gasteiger partial charge in [-0.3, -0.25) is 10.00 Å². The highest BCUT2D eigenvalue weighted by Gasteiger charge is 2.28. The third-order valence-corrected chi connectivity index (χ3v) is 5.05.